The molecule has 2 atom stereocenters. The Labute approximate surface area is 49.7 Å². The van der Waals surface area contributed by atoms with Gasteiger partial charge in [-0.1, -0.05) is 0 Å². The Balaban J connectivity index is 1.92. The molecule has 0 aromatic carbocycles. The number of hydrogen-bond donors (Lipinski definition) is 2. The first-order chi connectivity index (χ1) is 3.97. The third-order valence-electron chi connectivity index (χ3n) is 2.27. The highest BCUT2D eigenvalue weighted by Crippen LogP contribution is 2.18. The molecule has 2 aliphatic heterocycles. The van der Waals surface area contributed by atoms with Gasteiger partial charge in [0, 0.05) is 12.6 Å². The Kier molecular flexibility index (Phi) is 1.02. The van der Waals surface area contributed by atoms with Gasteiger partial charge in [0.2, 0.25) is 0 Å². The molecule has 46 valence electrons. The highest BCUT2D eigenvalue weighted by atomic mass is 15.1. The minimum atomic E-state index is 0.823. The second-order valence-corrected chi connectivity index (χ2v) is 2.77. The lowest BCUT2D eigenvalue weighted by atomic mass is 9.86. The molecule has 0 saturated carbocycles. The Morgan fingerprint density at radius 1 is 1.25 bits per heavy atom. The summed E-state index contributed by atoms with van der Waals surface area (Å²) in [6.45, 7) is 3.71. The zero-order chi connectivity index (χ0) is 5.40. The van der Waals surface area contributed by atoms with E-state index in [0.717, 1.165) is 12.0 Å². The molecule has 2 saturated heterocycles. The highest BCUT2D eigenvalue weighted by Gasteiger charge is 2.31. The third kappa shape index (κ3) is 0.565. The van der Waals surface area contributed by atoms with Crippen molar-refractivity contribution < 1.29 is 0 Å². The minimum absolute atomic E-state index is 0.823. The quantitative estimate of drug-likeness (QED) is 0.444. The van der Waals surface area contributed by atoms with Crippen molar-refractivity contribution in [1.82, 2.24) is 10.6 Å². The topological polar surface area (TPSA) is 24.1 Å². The maximum absolute atomic E-state index is 3.38. The van der Waals surface area contributed by atoms with Gasteiger partial charge >= 0.3 is 0 Å². The first kappa shape index (κ1) is 4.77. The molecule has 2 heterocycles. The van der Waals surface area contributed by atoms with Crippen LogP contribution in [0.25, 0.3) is 0 Å². The van der Waals surface area contributed by atoms with Crippen LogP contribution in [0.4, 0.5) is 0 Å². The van der Waals surface area contributed by atoms with Crippen LogP contribution in [0.3, 0.4) is 0 Å². The molecule has 0 aromatic rings. The van der Waals surface area contributed by atoms with Gasteiger partial charge in [-0.15, -0.1) is 0 Å². The molecule has 0 amide bonds. The van der Waals surface area contributed by atoms with Gasteiger partial charge in [0.15, 0.2) is 0 Å². The number of fused-ring (bicyclic) bond motifs is 1. The van der Waals surface area contributed by atoms with E-state index in [1.165, 1.54) is 26.1 Å². The number of rotatable bonds is 0. The van der Waals surface area contributed by atoms with Gasteiger partial charge in [0.25, 0.3) is 0 Å². The summed E-state index contributed by atoms with van der Waals surface area (Å²) in [5.41, 5.74) is 0. The van der Waals surface area contributed by atoms with Gasteiger partial charge in [-0.05, 0) is 25.4 Å². The van der Waals surface area contributed by atoms with E-state index in [2.05, 4.69) is 10.6 Å². The Bertz CT molecular complexity index is 80.5. The zero-order valence-corrected chi connectivity index (χ0v) is 4.98. The van der Waals surface area contributed by atoms with Gasteiger partial charge < -0.3 is 10.6 Å². The van der Waals surface area contributed by atoms with Crippen molar-refractivity contribution in [2.45, 2.75) is 12.5 Å². The summed E-state index contributed by atoms with van der Waals surface area (Å²) in [5.74, 6) is 1.01. The standard InChI is InChI=1S/C6H12N2/c1-2-7-4-6-5(1)3-8-6/h5-8H,1-4H2. The van der Waals surface area contributed by atoms with E-state index in [1.807, 2.05) is 0 Å². The van der Waals surface area contributed by atoms with E-state index < -0.39 is 0 Å². The summed E-state index contributed by atoms with van der Waals surface area (Å²) in [6.07, 6.45) is 1.39. The third-order valence-corrected chi connectivity index (χ3v) is 2.27. The van der Waals surface area contributed by atoms with Gasteiger partial charge in [0.05, 0.1) is 0 Å². The van der Waals surface area contributed by atoms with Crippen LogP contribution in [0.1, 0.15) is 6.42 Å². The van der Waals surface area contributed by atoms with E-state index in [4.69, 9.17) is 0 Å². The minimum Gasteiger partial charge on any atom is -0.315 e. The summed E-state index contributed by atoms with van der Waals surface area (Å²) in [4.78, 5) is 0. The van der Waals surface area contributed by atoms with Crippen LogP contribution in [-0.2, 0) is 0 Å². The van der Waals surface area contributed by atoms with Crippen LogP contribution in [0.2, 0.25) is 0 Å². The van der Waals surface area contributed by atoms with E-state index in [-0.39, 0.29) is 0 Å². The van der Waals surface area contributed by atoms with Gasteiger partial charge in [-0.2, -0.15) is 0 Å². The van der Waals surface area contributed by atoms with E-state index >= 15 is 0 Å². The fourth-order valence-corrected chi connectivity index (χ4v) is 1.54. The second-order valence-electron chi connectivity index (χ2n) is 2.77. The molecule has 2 unspecified atom stereocenters. The van der Waals surface area contributed by atoms with E-state index in [1.54, 1.807) is 0 Å². The van der Waals surface area contributed by atoms with Gasteiger partial charge in [-0.25, -0.2) is 0 Å². The maximum atomic E-state index is 3.38. The first-order valence-corrected chi connectivity index (χ1v) is 3.41. The predicted molar refractivity (Wildman–Crippen MR) is 32.8 cm³/mol. The van der Waals surface area contributed by atoms with Crippen LogP contribution < -0.4 is 10.6 Å². The fraction of sp³-hybridized carbons (Fsp3) is 1.00. The van der Waals surface area contributed by atoms with E-state index in [9.17, 15) is 0 Å². The summed E-state index contributed by atoms with van der Waals surface area (Å²) in [5, 5.41) is 6.74. The molecule has 0 radical (unpaired) electrons. The molecule has 2 rings (SSSR count). The van der Waals surface area contributed by atoms with Crippen molar-refractivity contribution in [3.63, 3.8) is 0 Å². The second kappa shape index (κ2) is 1.71. The normalized spacial score (nSPS) is 45.0. The number of piperidine rings is 1. The summed E-state index contributed by atoms with van der Waals surface area (Å²) >= 11 is 0. The first-order valence-electron chi connectivity index (χ1n) is 3.41. The highest BCUT2D eigenvalue weighted by molar-refractivity contribution is 4.92. The Morgan fingerprint density at radius 3 is 2.62 bits per heavy atom. The smallest absolute Gasteiger partial charge is 0.0233 e. The van der Waals surface area contributed by atoms with Crippen LogP contribution in [0, 0.1) is 5.92 Å². The zero-order valence-electron chi connectivity index (χ0n) is 4.98. The fourth-order valence-electron chi connectivity index (χ4n) is 1.54. The average Bonchev–Trinajstić information content (AvgIpc) is 1.72. The lowest BCUT2D eigenvalue weighted by Gasteiger charge is -2.41. The number of hydrogen-bond acceptors (Lipinski definition) is 2. The van der Waals surface area contributed by atoms with Gasteiger partial charge in [-0.3, -0.25) is 0 Å². The van der Waals surface area contributed by atoms with Crippen molar-refractivity contribution in [2.75, 3.05) is 19.6 Å². The SMILES string of the molecule is C1CC2CNC2CN1. The van der Waals surface area contributed by atoms with Crippen molar-refractivity contribution >= 4 is 0 Å². The number of nitrogens with one attached hydrogen (secondary N) is 2. The van der Waals surface area contributed by atoms with Crippen LogP contribution in [0.5, 0.6) is 0 Å². The molecule has 0 aliphatic carbocycles. The molecule has 8 heavy (non-hydrogen) atoms. The van der Waals surface area contributed by atoms with Gasteiger partial charge in [0.1, 0.15) is 0 Å². The Morgan fingerprint density at radius 2 is 2.25 bits per heavy atom. The predicted octanol–water partition coefficient (Wildman–Crippen LogP) is -0.432. The molecule has 0 spiro atoms. The van der Waals surface area contributed by atoms with Crippen molar-refractivity contribution in [3.05, 3.63) is 0 Å². The molecule has 2 aliphatic rings. The molecule has 2 nitrogen and oxygen atoms in total. The van der Waals surface area contributed by atoms with Crippen molar-refractivity contribution in [3.8, 4) is 0 Å². The Hall–Kier alpha value is -0.0800. The molecule has 2 heteroatoms. The summed E-state index contributed by atoms with van der Waals surface area (Å²) in [6, 6.07) is 0.823. The van der Waals surface area contributed by atoms with Crippen molar-refractivity contribution in [2.24, 2.45) is 5.92 Å². The molecule has 2 fully saturated rings. The lowest BCUT2D eigenvalue weighted by molar-refractivity contribution is 0.180. The summed E-state index contributed by atoms with van der Waals surface area (Å²) in [7, 11) is 0. The lowest BCUT2D eigenvalue weighted by Crippen LogP contribution is -2.61. The molecular formula is C6H12N2. The molecule has 0 aromatic heterocycles. The summed E-state index contributed by atoms with van der Waals surface area (Å²) < 4.78 is 0. The average molecular weight is 112 g/mol. The monoisotopic (exact) mass is 112 g/mol. The maximum Gasteiger partial charge on any atom is 0.0233 e. The van der Waals surface area contributed by atoms with Crippen LogP contribution >= 0.6 is 0 Å². The van der Waals surface area contributed by atoms with Crippen LogP contribution in [0.15, 0.2) is 0 Å². The van der Waals surface area contributed by atoms with Crippen LogP contribution in [-0.4, -0.2) is 25.7 Å². The molecule has 0 bridgehead atoms. The largest absolute Gasteiger partial charge is 0.315 e. The molecule has 2 N–H and O–H groups in total. The van der Waals surface area contributed by atoms with E-state index in [0.29, 0.717) is 0 Å². The van der Waals surface area contributed by atoms with Crippen molar-refractivity contribution in [1.29, 1.82) is 0 Å². The molecular weight excluding hydrogens is 100 g/mol.